The van der Waals surface area contributed by atoms with Crippen molar-refractivity contribution in [3.63, 3.8) is 0 Å². The summed E-state index contributed by atoms with van der Waals surface area (Å²) in [4.78, 5) is 0. The monoisotopic (exact) mass is 144 g/mol. The molecule has 54 valence electrons. The van der Waals surface area contributed by atoms with Crippen molar-refractivity contribution in [2.45, 2.75) is 44.3 Å². The first-order valence-corrected chi connectivity index (χ1v) is 5.10. The van der Waals surface area contributed by atoms with Crippen molar-refractivity contribution in [1.82, 2.24) is 0 Å². The molecule has 0 N–H and O–H groups in total. The predicted molar refractivity (Wildman–Crippen MR) is 45.0 cm³/mol. The van der Waals surface area contributed by atoms with Gasteiger partial charge in [-0.2, -0.15) is 11.8 Å². The molecule has 0 aromatic heterocycles. The van der Waals surface area contributed by atoms with Crippen LogP contribution in [0.25, 0.3) is 0 Å². The Bertz CT molecular complexity index is 62.2. The van der Waals surface area contributed by atoms with Crippen LogP contribution < -0.4 is 0 Å². The molecular formula is C8H16S. The van der Waals surface area contributed by atoms with E-state index in [9.17, 15) is 0 Å². The molecule has 1 fully saturated rings. The summed E-state index contributed by atoms with van der Waals surface area (Å²) in [5.74, 6) is 1.31. The Kier molecular flexibility index (Phi) is 3.49. The highest BCUT2D eigenvalue weighted by atomic mass is 32.2. The lowest BCUT2D eigenvalue weighted by Gasteiger charge is -2.19. The second-order valence-electron chi connectivity index (χ2n) is 2.72. The Morgan fingerprint density at radius 2 is 1.89 bits per heavy atom. The van der Waals surface area contributed by atoms with E-state index in [0.717, 1.165) is 5.25 Å². The van der Waals surface area contributed by atoms with E-state index in [1.54, 1.807) is 0 Å². The van der Waals surface area contributed by atoms with Crippen LogP contribution in [0.15, 0.2) is 0 Å². The highest BCUT2D eigenvalue weighted by Gasteiger charge is 2.11. The van der Waals surface area contributed by atoms with Crippen molar-refractivity contribution in [2.75, 3.05) is 5.75 Å². The second kappa shape index (κ2) is 4.21. The Balaban J connectivity index is 2.08. The number of hydrogen-bond donors (Lipinski definition) is 0. The molecule has 0 saturated heterocycles. The summed E-state index contributed by atoms with van der Waals surface area (Å²) in [7, 11) is 0. The second-order valence-corrected chi connectivity index (χ2v) is 4.29. The van der Waals surface area contributed by atoms with Crippen LogP contribution in [0.3, 0.4) is 0 Å². The molecule has 0 unspecified atom stereocenters. The quantitative estimate of drug-likeness (QED) is 0.574. The summed E-state index contributed by atoms with van der Waals surface area (Å²) < 4.78 is 0. The van der Waals surface area contributed by atoms with E-state index in [1.165, 1.54) is 37.9 Å². The van der Waals surface area contributed by atoms with Gasteiger partial charge in [-0.15, -0.1) is 0 Å². The fourth-order valence-corrected chi connectivity index (χ4v) is 2.61. The van der Waals surface area contributed by atoms with Gasteiger partial charge in [0.1, 0.15) is 0 Å². The molecule has 0 nitrogen and oxygen atoms in total. The molecule has 1 saturated carbocycles. The molecule has 0 atom stereocenters. The van der Waals surface area contributed by atoms with Gasteiger partial charge < -0.3 is 0 Å². The summed E-state index contributed by atoms with van der Waals surface area (Å²) in [6.07, 6.45) is 7.42. The summed E-state index contributed by atoms with van der Waals surface area (Å²) >= 11 is 2.15. The lowest BCUT2D eigenvalue weighted by atomic mass is 10.0. The van der Waals surface area contributed by atoms with E-state index in [2.05, 4.69) is 18.7 Å². The van der Waals surface area contributed by atoms with Gasteiger partial charge in [0.2, 0.25) is 0 Å². The Morgan fingerprint density at radius 1 is 1.22 bits per heavy atom. The van der Waals surface area contributed by atoms with Gasteiger partial charge in [0, 0.05) is 5.25 Å². The standard InChI is InChI=1S/C8H16S/c1-2-9-8-6-4-3-5-7-8/h8H,2-7H2,1H3. The minimum Gasteiger partial charge on any atom is -0.159 e. The molecule has 0 spiro atoms. The summed E-state index contributed by atoms with van der Waals surface area (Å²) in [5.41, 5.74) is 0. The SMILES string of the molecule is CCSC1CCCCC1. The minimum absolute atomic E-state index is 1.02. The van der Waals surface area contributed by atoms with Crippen molar-refractivity contribution in [1.29, 1.82) is 0 Å². The molecule has 0 bridgehead atoms. The average molecular weight is 144 g/mol. The Morgan fingerprint density at radius 3 is 2.44 bits per heavy atom. The normalized spacial score (nSPS) is 22.3. The van der Waals surface area contributed by atoms with Crippen LogP contribution in [0.2, 0.25) is 0 Å². The van der Waals surface area contributed by atoms with Crippen LogP contribution in [0, 0.1) is 0 Å². The molecule has 0 heterocycles. The molecule has 1 rings (SSSR count). The smallest absolute Gasteiger partial charge is 0.00469 e. The van der Waals surface area contributed by atoms with Crippen LogP contribution in [0.5, 0.6) is 0 Å². The molecule has 9 heavy (non-hydrogen) atoms. The van der Waals surface area contributed by atoms with Crippen LogP contribution in [-0.4, -0.2) is 11.0 Å². The van der Waals surface area contributed by atoms with Gasteiger partial charge in [-0.1, -0.05) is 26.2 Å². The van der Waals surface area contributed by atoms with E-state index < -0.39 is 0 Å². The molecule has 1 aliphatic rings. The minimum atomic E-state index is 1.02. The summed E-state index contributed by atoms with van der Waals surface area (Å²) in [5, 5.41) is 1.02. The number of thioether (sulfide) groups is 1. The zero-order chi connectivity index (χ0) is 6.53. The fraction of sp³-hybridized carbons (Fsp3) is 1.00. The van der Waals surface area contributed by atoms with Gasteiger partial charge >= 0.3 is 0 Å². The zero-order valence-corrected chi connectivity index (χ0v) is 7.04. The maximum absolute atomic E-state index is 2.26. The molecule has 0 aliphatic heterocycles. The van der Waals surface area contributed by atoms with Crippen molar-refractivity contribution in [3.05, 3.63) is 0 Å². The van der Waals surface area contributed by atoms with Gasteiger partial charge in [-0.05, 0) is 18.6 Å². The van der Waals surface area contributed by atoms with E-state index in [-0.39, 0.29) is 0 Å². The van der Waals surface area contributed by atoms with Crippen LogP contribution in [-0.2, 0) is 0 Å². The van der Waals surface area contributed by atoms with Crippen LogP contribution in [0.1, 0.15) is 39.0 Å². The van der Waals surface area contributed by atoms with Gasteiger partial charge in [0.05, 0.1) is 0 Å². The molecule has 0 radical (unpaired) electrons. The zero-order valence-electron chi connectivity index (χ0n) is 6.23. The topological polar surface area (TPSA) is 0 Å². The van der Waals surface area contributed by atoms with Gasteiger partial charge in [0.25, 0.3) is 0 Å². The largest absolute Gasteiger partial charge is 0.159 e. The first-order valence-electron chi connectivity index (χ1n) is 4.05. The highest BCUT2D eigenvalue weighted by Crippen LogP contribution is 2.27. The van der Waals surface area contributed by atoms with E-state index in [1.807, 2.05) is 0 Å². The molecular weight excluding hydrogens is 128 g/mol. The highest BCUT2D eigenvalue weighted by molar-refractivity contribution is 7.99. The lowest BCUT2D eigenvalue weighted by molar-refractivity contribution is 0.516. The summed E-state index contributed by atoms with van der Waals surface area (Å²) in [6.45, 7) is 2.26. The van der Waals surface area contributed by atoms with Crippen molar-refractivity contribution in [3.8, 4) is 0 Å². The predicted octanol–water partition coefficient (Wildman–Crippen LogP) is 3.07. The molecule has 1 heteroatoms. The first kappa shape index (κ1) is 7.46. The maximum Gasteiger partial charge on any atom is 0.00469 e. The third kappa shape index (κ3) is 2.61. The van der Waals surface area contributed by atoms with Crippen molar-refractivity contribution < 1.29 is 0 Å². The van der Waals surface area contributed by atoms with Gasteiger partial charge in [-0.25, -0.2) is 0 Å². The van der Waals surface area contributed by atoms with Crippen LogP contribution >= 0.6 is 11.8 Å². The molecule has 0 amide bonds. The Labute approximate surface area is 62.4 Å². The van der Waals surface area contributed by atoms with Crippen molar-refractivity contribution in [2.24, 2.45) is 0 Å². The van der Waals surface area contributed by atoms with E-state index >= 15 is 0 Å². The number of rotatable bonds is 2. The van der Waals surface area contributed by atoms with Gasteiger partial charge in [-0.3, -0.25) is 0 Å². The van der Waals surface area contributed by atoms with E-state index in [0.29, 0.717) is 0 Å². The first-order chi connectivity index (χ1) is 4.43. The average Bonchev–Trinajstić information content (AvgIpc) is 1.91. The fourth-order valence-electron chi connectivity index (χ4n) is 1.47. The molecule has 1 aliphatic carbocycles. The lowest BCUT2D eigenvalue weighted by Crippen LogP contribution is -2.07. The third-order valence-corrected chi connectivity index (χ3v) is 3.23. The molecule has 0 aromatic carbocycles. The third-order valence-electron chi connectivity index (χ3n) is 1.95. The molecule has 0 aromatic rings. The van der Waals surface area contributed by atoms with Crippen LogP contribution in [0.4, 0.5) is 0 Å². The summed E-state index contributed by atoms with van der Waals surface area (Å²) in [6, 6.07) is 0. The van der Waals surface area contributed by atoms with E-state index in [4.69, 9.17) is 0 Å². The Hall–Kier alpha value is 0.350. The van der Waals surface area contributed by atoms with Crippen molar-refractivity contribution >= 4 is 11.8 Å². The number of hydrogen-bond acceptors (Lipinski definition) is 1. The maximum atomic E-state index is 2.26. The van der Waals surface area contributed by atoms with Gasteiger partial charge in [0.15, 0.2) is 0 Å².